The van der Waals surface area contributed by atoms with E-state index in [-0.39, 0.29) is 47.4 Å². The van der Waals surface area contributed by atoms with Crippen LogP contribution in [0.1, 0.15) is 160 Å². The molecular weight excluding hydrogens is 808 g/mol. The van der Waals surface area contributed by atoms with Gasteiger partial charge in [-0.05, 0) is 122 Å². The van der Waals surface area contributed by atoms with E-state index in [2.05, 4.69) is 83.1 Å². The number of aliphatic carboxylic acids is 2. The van der Waals surface area contributed by atoms with Crippen molar-refractivity contribution in [1.82, 2.24) is 0 Å². The number of hydrogen-bond donors (Lipinski definition) is 3. The summed E-state index contributed by atoms with van der Waals surface area (Å²) in [7, 11) is 0. The van der Waals surface area contributed by atoms with E-state index in [0.717, 1.165) is 63.7 Å². The fraction of sp³-hybridized carbons (Fsp3) is 0.870. The number of hydrogen-bond acceptors (Lipinski definition) is 13. The van der Waals surface area contributed by atoms with Crippen molar-refractivity contribution in [1.29, 1.82) is 0 Å². The van der Waals surface area contributed by atoms with Crippen LogP contribution in [0, 0.1) is 71.0 Å². The quantitative estimate of drug-likeness (QED) is 0.134. The van der Waals surface area contributed by atoms with E-state index >= 15 is 0 Å². The highest BCUT2D eigenvalue weighted by molar-refractivity contribution is 6.28. The predicted molar refractivity (Wildman–Crippen MR) is 227 cm³/mol. The van der Waals surface area contributed by atoms with Crippen molar-refractivity contribution >= 4 is 36.2 Å². The molecule has 0 heterocycles. The maximum atomic E-state index is 11.1. The molecule has 0 radical (unpaired) electrons. The number of aliphatic hydroxyl groups is 1. The van der Waals surface area contributed by atoms with Crippen LogP contribution in [0.3, 0.4) is 0 Å². The molecule has 0 aromatic heterocycles. The Hall–Kier alpha value is -3.59. The van der Waals surface area contributed by atoms with Gasteiger partial charge in [0.2, 0.25) is 0 Å². The van der Waals surface area contributed by atoms with Gasteiger partial charge in [-0.2, -0.15) is 9.59 Å². The van der Waals surface area contributed by atoms with E-state index in [4.69, 9.17) is 34.0 Å². The van der Waals surface area contributed by atoms with Gasteiger partial charge in [0.05, 0.1) is 6.10 Å². The normalized spacial score (nSPS) is 30.1. The summed E-state index contributed by atoms with van der Waals surface area (Å²) >= 11 is 0. The molecule has 0 spiro atoms. The Labute approximate surface area is 370 Å². The van der Waals surface area contributed by atoms with Crippen molar-refractivity contribution in [2.75, 3.05) is 0 Å². The number of esters is 2. The van der Waals surface area contributed by atoms with Gasteiger partial charge in [0.15, 0.2) is 5.97 Å². The molecule has 4 aliphatic carbocycles. The first-order valence-corrected chi connectivity index (χ1v) is 22.3. The molecule has 0 amide bonds. The van der Waals surface area contributed by atoms with Crippen LogP contribution < -0.4 is 5.11 Å². The Morgan fingerprint density at radius 3 is 1.05 bits per heavy atom. The molecule has 0 unspecified atom stereocenters. The summed E-state index contributed by atoms with van der Waals surface area (Å²) in [6.45, 7) is 25.6. The number of aliphatic hydroxyl groups excluding tert-OH is 1. The van der Waals surface area contributed by atoms with E-state index in [0.29, 0.717) is 59.2 Å². The van der Waals surface area contributed by atoms with Gasteiger partial charge in [-0.3, -0.25) is 0 Å². The van der Waals surface area contributed by atoms with Crippen LogP contribution in [0.5, 0.6) is 0 Å². The minimum Gasteiger partial charge on any atom is -0.870 e. The SMILES string of the molecule is CC(C)[C@@H]1CC[C@@H](C)C[C@H]1O.CC(C)[C@@H]1CC[C@@H](C)C[C@H]1OC(=O)C(=O)O.CC(C)[C@@H]1CC[C@@H](C)C[C@H]1OC(=O)C(=O)[O-].CC(C)[C@@H]1CC[C@@H](C)C[C@H]1OC(=O)O.O.O=C=O.[OH-]. The minimum absolute atomic E-state index is 0. The number of rotatable bonds is 7. The van der Waals surface area contributed by atoms with E-state index in [1.165, 1.54) is 19.3 Å². The van der Waals surface area contributed by atoms with Crippen LogP contribution in [0.25, 0.3) is 0 Å². The Kier molecular flexibility index (Phi) is 32.5. The number of ether oxygens (including phenoxy) is 3. The molecule has 4 rings (SSSR count). The number of carbonyl (C=O) groups is 5. The van der Waals surface area contributed by atoms with Crippen molar-refractivity contribution in [3.63, 3.8) is 0 Å². The first-order valence-electron chi connectivity index (χ1n) is 22.3. The second-order valence-corrected chi connectivity index (χ2v) is 19.4. The van der Waals surface area contributed by atoms with E-state index < -0.39 is 30.0 Å². The number of carboxylic acids is 2. The Bertz CT molecular complexity index is 1270. The molecule has 0 saturated heterocycles. The summed E-state index contributed by atoms with van der Waals surface area (Å²) in [6, 6.07) is 0. The topological polar surface area (TPSA) is 292 Å². The van der Waals surface area contributed by atoms with Crippen LogP contribution in [0.2, 0.25) is 0 Å². The highest BCUT2D eigenvalue weighted by atomic mass is 16.7. The van der Waals surface area contributed by atoms with Gasteiger partial charge in [-0.1, -0.05) is 109 Å². The van der Waals surface area contributed by atoms with E-state index in [1.54, 1.807) is 0 Å². The molecule has 6 N–H and O–H groups in total. The van der Waals surface area contributed by atoms with Crippen molar-refractivity contribution in [2.45, 2.75) is 185 Å². The number of carboxylic acid groups (broad SMARTS) is 3. The van der Waals surface area contributed by atoms with Gasteiger partial charge in [0, 0.05) is 0 Å². The van der Waals surface area contributed by atoms with Gasteiger partial charge < -0.3 is 50.4 Å². The van der Waals surface area contributed by atoms with Crippen molar-refractivity contribution in [3.8, 4) is 0 Å². The Balaban J connectivity index is -0.000000730. The number of carbonyl (C=O) groups excluding carboxylic acids is 5. The Morgan fingerprint density at radius 2 is 0.790 bits per heavy atom. The van der Waals surface area contributed by atoms with Crippen molar-refractivity contribution < 1.29 is 79.2 Å². The standard InChI is InChI=1S/2C12H20O4.C11H20O3.C10H20O.CO2.2H2O/c2*1-7(2)9-5-4-8(3)6-10(9)16-12(15)11(13)14;1-7(2)9-5-4-8(3)6-10(9)14-11(12)13;1-7(2)9-5-4-8(3)6-10(9)11;2-1-3;;/h2*7-10H,4-6H2,1-3H3,(H,13,14);7-10H,4-6H2,1-3H3,(H,12,13);7-11H,4-6H2,1-3H3;;2*1H2/p-2/t4*8-,9+,10-;;;/m1111.../s1. The third kappa shape index (κ3) is 24.3. The molecule has 12 atom stereocenters. The zero-order valence-corrected chi connectivity index (χ0v) is 39.5. The lowest BCUT2D eigenvalue weighted by Crippen LogP contribution is -2.41. The molecule has 0 bridgehead atoms. The van der Waals surface area contributed by atoms with E-state index in [9.17, 15) is 34.2 Å². The summed E-state index contributed by atoms with van der Waals surface area (Å²) in [5.41, 5.74) is 0. The third-order valence-electron chi connectivity index (χ3n) is 13.0. The van der Waals surface area contributed by atoms with Crippen molar-refractivity contribution in [3.05, 3.63) is 0 Å². The van der Waals surface area contributed by atoms with Gasteiger partial charge >= 0.3 is 30.2 Å². The first-order chi connectivity index (χ1) is 27.9. The molecule has 0 aromatic carbocycles. The smallest absolute Gasteiger partial charge is 0.506 e. The summed E-state index contributed by atoms with van der Waals surface area (Å²) in [6.07, 6.45) is 11.0. The average Bonchev–Trinajstić information content (AvgIpc) is 3.12. The molecule has 0 aliphatic heterocycles. The molecule has 16 nitrogen and oxygen atoms in total. The fourth-order valence-electron chi connectivity index (χ4n) is 9.41. The molecule has 364 valence electrons. The lowest BCUT2D eigenvalue weighted by Gasteiger charge is -2.36. The molecule has 4 saturated carbocycles. The fourth-order valence-corrected chi connectivity index (χ4v) is 9.41. The van der Waals surface area contributed by atoms with Crippen LogP contribution >= 0.6 is 0 Å². The summed E-state index contributed by atoms with van der Waals surface area (Å²) < 4.78 is 15.0. The molecule has 62 heavy (non-hydrogen) atoms. The summed E-state index contributed by atoms with van der Waals surface area (Å²) in [5.74, 6) is 0.199. The maximum absolute atomic E-state index is 11.1. The molecule has 4 fully saturated rings. The Morgan fingerprint density at radius 1 is 0.516 bits per heavy atom. The second-order valence-electron chi connectivity index (χ2n) is 19.4. The lowest BCUT2D eigenvalue weighted by atomic mass is 9.75. The zero-order chi connectivity index (χ0) is 46.4. The van der Waals surface area contributed by atoms with E-state index in [1.807, 2.05) is 0 Å². The third-order valence-corrected chi connectivity index (χ3v) is 13.0. The molecular formula is C46H82O16-2. The summed E-state index contributed by atoms with van der Waals surface area (Å²) in [4.78, 5) is 69.6. The van der Waals surface area contributed by atoms with Gasteiger partial charge in [-0.15, -0.1) is 0 Å². The van der Waals surface area contributed by atoms with Gasteiger partial charge in [0.1, 0.15) is 18.3 Å². The zero-order valence-electron chi connectivity index (χ0n) is 39.5. The molecule has 0 aromatic rings. The van der Waals surface area contributed by atoms with Crippen LogP contribution in [-0.4, -0.2) is 86.9 Å². The molecule has 4 aliphatic rings. The lowest BCUT2D eigenvalue weighted by molar-refractivity contribution is -0.304. The monoisotopic (exact) mass is 891 g/mol. The predicted octanol–water partition coefficient (Wildman–Crippen LogP) is 6.81. The van der Waals surface area contributed by atoms with Crippen LogP contribution in [0.15, 0.2) is 0 Å². The second kappa shape index (κ2) is 32.1. The van der Waals surface area contributed by atoms with Gasteiger partial charge in [0.25, 0.3) is 0 Å². The highest BCUT2D eigenvalue weighted by Crippen LogP contribution is 2.38. The molecule has 16 heteroatoms. The van der Waals surface area contributed by atoms with Crippen LogP contribution in [0.4, 0.5) is 4.79 Å². The maximum Gasteiger partial charge on any atom is 0.506 e. The van der Waals surface area contributed by atoms with Crippen LogP contribution in [-0.2, 0) is 43.0 Å². The highest BCUT2D eigenvalue weighted by Gasteiger charge is 2.36. The van der Waals surface area contributed by atoms with Gasteiger partial charge in [-0.25, -0.2) is 19.2 Å². The van der Waals surface area contributed by atoms with Crippen molar-refractivity contribution in [2.24, 2.45) is 71.0 Å². The minimum atomic E-state index is -1.75. The summed E-state index contributed by atoms with van der Waals surface area (Å²) in [5, 5.41) is 37.2. The first kappa shape index (κ1) is 62.7. The average molecular weight is 891 g/mol. The largest absolute Gasteiger partial charge is 0.870 e.